The quantitative estimate of drug-likeness (QED) is 0.0868. The molecule has 36 heavy (non-hydrogen) atoms. The zero-order valence-electron chi connectivity index (χ0n) is 24.5. The van der Waals surface area contributed by atoms with Crippen molar-refractivity contribution in [3.63, 3.8) is 0 Å². The summed E-state index contributed by atoms with van der Waals surface area (Å²) >= 11 is 0. The van der Waals surface area contributed by atoms with E-state index in [1.165, 1.54) is 148 Å². The van der Waals surface area contributed by atoms with Gasteiger partial charge in [0.05, 0.1) is 0 Å². The summed E-state index contributed by atoms with van der Waals surface area (Å²) in [6.07, 6.45) is 35.3. The lowest BCUT2D eigenvalue weighted by Gasteiger charge is -2.03. The molecule has 3 N–H and O–H groups in total. The molecule has 218 valence electrons. The number of aliphatic hydroxyl groups is 2. The van der Waals surface area contributed by atoms with Crippen LogP contribution in [0.5, 0.6) is 0 Å². The number of carbonyl (C=O) groups is 1. The van der Waals surface area contributed by atoms with Crippen LogP contribution in [0.15, 0.2) is 0 Å². The summed E-state index contributed by atoms with van der Waals surface area (Å²) in [5, 5.41) is 25.7. The Kier molecular flexibility index (Phi) is 38.1. The summed E-state index contributed by atoms with van der Waals surface area (Å²) in [7, 11) is 0. The smallest absolute Gasteiger partial charge is 0.303 e. The van der Waals surface area contributed by atoms with E-state index in [0.29, 0.717) is 19.6 Å². The molecule has 0 fully saturated rings. The first-order valence-electron chi connectivity index (χ1n) is 16.1. The molecule has 0 heterocycles. The van der Waals surface area contributed by atoms with Crippen LogP contribution in [0.1, 0.15) is 187 Å². The van der Waals surface area contributed by atoms with Crippen LogP contribution in [0.25, 0.3) is 0 Å². The van der Waals surface area contributed by atoms with Crippen molar-refractivity contribution in [1.82, 2.24) is 0 Å². The first-order chi connectivity index (χ1) is 17.7. The molecular formula is C32H66O4. The highest BCUT2D eigenvalue weighted by atomic mass is 16.4. The molecule has 0 aliphatic heterocycles. The van der Waals surface area contributed by atoms with Crippen molar-refractivity contribution in [2.24, 2.45) is 0 Å². The summed E-state index contributed by atoms with van der Waals surface area (Å²) in [5.41, 5.74) is 0. The first-order valence-corrected chi connectivity index (χ1v) is 16.1. The molecule has 0 aromatic carbocycles. The van der Waals surface area contributed by atoms with Gasteiger partial charge in [-0.05, 0) is 19.3 Å². The standard InChI is InChI=1S/C18H36O2.C14H30O2/c1-2-3-4-5-6-7-8-9-10-11-12-13-14-15-16-17-18(19)20;15-13-11-9-7-5-3-1-2-4-6-8-10-12-14-16/h2-17H2,1H3,(H,19,20);15-16H,1-14H2. The second kappa shape index (κ2) is 36.5. The maximum Gasteiger partial charge on any atom is 0.303 e. The van der Waals surface area contributed by atoms with Crippen molar-refractivity contribution in [3.05, 3.63) is 0 Å². The predicted octanol–water partition coefficient (Wildman–Crippen LogP) is 9.98. The van der Waals surface area contributed by atoms with Crippen LogP contribution in [0.4, 0.5) is 0 Å². The Morgan fingerprint density at radius 2 is 0.611 bits per heavy atom. The molecule has 0 amide bonds. The van der Waals surface area contributed by atoms with Crippen molar-refractivity contribution in [1.29, 1.82) is 0 Å². The number of hydrogen-bond acceptors (Lipinski definition) is 3. The number of rotatable bonds is 29. The van der Waals surface area contributed by atoms with Crippen molar-refractivity contribution in [3.8, 4) is 0 Å². The lowest BCUT2D eigenvalue weighted by molar-refractivity contribution is -0.137. The molecule has 0 rings (SSSR count). The van der Waals surface area contributed by atoms with E-state index in [2.05, 4.69) is 6.92 Å². The second-order valence-electron chi connectivity index (χ2n) is 10.8. The Morgan fingerprint density at radius 3 is 0.833 bits per heavy atom. The molecule has 0 aromatic rings. The van der Waals surface area contributed by atoms with E-state index in [4.69, 9.17) is 15.3 Å². The van der Waals surface area contributed by atoms with Gasteiger partial charge in [0.25, 0.3) is 0 Å². The van der Waals surface area contributed by atoms with Crippen LogP contribution in [-0.2, 0) is 4.79 Å². The van der Waals surface area contributed by atoms with Crippen LogP contribution in [-0.4, -0.2) is 34.5 Å². The van der Waals surface area contributed by atoms with Crippen LogP contribution in [0.2, 0.25) is 0 Å². The summed E-state index contributed by atoms with van der Waals surface area (Å²) in [6, 6.07) is 0. The number of aliphatic hydroxyl groups excluding tert-OH is 2. The Balaban J connectivity index is 0. The molecule has 0 aliphatic carbocycles. The van der Waals surface area contributed by atoms with Gasteiger partial charge in [0.15, 0.2) is 0 Å². The van der Waals surface area contributed by atoms with E-state index in [1.807, 2.05) is 0 Å². The van der Waals surface area contributed by atoms with Gasteiger partial charge >= 0.3 is 5.97 Å². The fraction of sp³-hybridized carbons (Fsp3) is 0.969. The summed E-state index contributed by atoms with van der Waals surface area (Å²) in [5.74, 6) is -0.653. The third-order valence-corrected chi connectivity index (χ3v) is 7.06. The lowest BCUT2D eigenvalue weighted by Crippen LogP contribution is -1.93. The second-order valence-corrected chi connectivity index (χ2v) is 10.8. The third kappa shape index (κ3) is 40.6. The molecule has 0 atom stereocenters. The van der Waals surface area contributed by atoms with E-state index in [-0.39, 0.29) is 0 Å². The minimum atomic E-state index is -0.653. The zero-order chi connectivity index (χ0) is 26.8. The van der Waals surface area contributed by atoms with Gasteiger partial charge in [0.1, 0.15) is 0 Å². The van der Waals surface area contributed by atoms with Gasteiger partial charge < -0.3 is 15.3 Å². The molecule has 0 saturated heterocycles. The molecule has 0 spiro atoms. The zero-order valence-corrected chi connectivity index (χ0v) is 24.5. The van der Waals surface area contributed by atoms with E-state index in [0.717, 1.165) is 25.7 Å². The predicted molar refractivity (Wildman–Crippen MR) is 157 cm³/mol. The van der Waals surface area contributed by atoms with E-state index < -0.39 is 5.97 Å². The van der Waals surface area contributed by atoms with E-state index in [1.54, 1.807) is 0 Å². The Hall–Kier alpha value is -0.610. The fourth-order valence-electron chi connectivity index (χ4n) is 4.64. The number of carboxylic acids is 1. The molecule has 0 unspecified atom stereocenters. The summed E-state index contributed by atoms with van der Waals surface area (Å²) < 4.78 is 0. The van der Waals surface area contributed by atoms with Gasteiger partial charge in [-0.2, -0.15) is 0 Å². The topological polar surface area (TPSA) is 77.8 Å². The first kappa shape index (κ1) is 37.5. The maximum absolute atomic E-state index is 10.3. The van der Waals surface area contributed by atoms with Gasteiger partial charge in [0, 0.05) is 19.6 Å². The number of unbranched alkanes of at least 4 members (excludes halogenated alkanes) is 25. The largest absolute Gasteiger partial charge is 0.481 e. The molecule has 0 saturated carbocycles. The monoisotopic (exact) mass is 514 g/mol. The van der Waals surface area contributed by atoms with Crippen molar-refractivity contribution < 1.29 is 20.1 Å². The molecule has 0 radical (unpaired) electrons. The average Bonchev–Trinajstić information content (AvgIpc) is 2.87. The van der Waals surface area contributed by atoms with E-state index in [9.17, 15) is 4.79 Å². The summed E-state index contributed by atoms with van der Waals surface area (Å²) in [4.78, 5) is 10.3. The average molecular weight is 515 g/mol. The molecule has 0 bridgehead atoms. The fourth-order valence-corrected chi connectivity index (χ4v) is 4.64. The van der Waals surface area contributed by atoms with Crippen molar-refractivity contribution >= 4 is 5.97 Å². The van der Waals surface area contributed by atoms with Gasteiger partial charge in [-0.15, -0.1) is 0 Å². The van der Waals surface area contributed by atoms with Crippen molar-refractivity contribution in [2.45, 2.75) is 187 Å². The van der Waals surface area contributed by atoms with Crippen LogP contribution in [0, 0.1) is 0 Å². The molecular weight excluding hydrogens is 448 g/mol. The Morgan fingerprint density at radius 1 is 0.389 bits per heavy atom. The van der Waals surface area contributed by atoms with Crippen molar-refractivity contribution in [2.75, 3.05) is 13.2 Å². The van der Waals surface area contributed by atoms with E-state index >= 15 is 0 Å². The van der Waals surface area contributed by atoms with Gasteiger partial charge in [-0.1, -0.05) is 161 Å². The maximum atomic E-state index is 10.3. The summed E-state index contributed by atoms with van der Waals surface area (Å²) in [6.45, 7) is 2.98. The Bertz CT molecular complexity index is 372. The number of aliphatic carboxylic acids is 1. The Labute approximate surface area is 226 Å². The highest BCUT2D eigenvalue weighted by Gasteiger charge is 1.97. The highest BCUT2D eigenvalue weighted by Crippen LogP contribution is 2.14. The third-order valence-electron chi connectivity index (χ3n) is 7.06. The minimum absolute atomic E-state index is 0.345. The number of hydrogen-bond donors (Lipinski definition) is 3. The van der Waals surface area contributed by atoms with Gasteiger partial charge in [-0.25, -0.2) is 0 Å². The van der Waals surface area contributed by atoms with Crippen LogP contribution < -0.4 is 0 Å². The molecule has 4 nitrogen and oxygen atoms in total. The molecule has 4 heteroatoms. The highest BCUT2D eigenvalue weighted by molar-refractivity contribution is 5.66. The SMILES string of the molecule is CCCCCCCCCCCCCCCCCC(=O)O.OCCCCCCCCCCCCCCO. The van der Waals surface area contributed by atoms with Crippen LogP contribution in [0.3, 0.4) is 0 Å². The molecule has 0 aliphatic rings. The normalized spacial score (nSPS) is 10.9. The number of carboxylic acid groups (broad SMARTS) is 1. The lowest BCUT2D eigenvalue weighted by atomic mass is 10.0. The minimum Gasteiger partial charge on any atom is -0.481 e. The van der Waals surface area contributed by atoms with Gasteiger partial charge in [-0.3, -0.25) is 4.79 Å². The van der Waals surface area contributed by atoms with Crippen LogP contribution >= 0.6 is 0 Å². The molecule has 0 aromatic heterocycles. The van der Waals surface area contributed by atoms with Gasteiger partial charge in [0.2, 0.25) is 0 Å².